The molecule has 0 aliphatic carbocycles. The maximum Gasteiger partial charge on any atom is 0.235 e. The third-order valence-electron chi connectivity index (χ3n) is 2.17. The highest BCUT2D eigenvalue weighted by Crippen LogP contribution is 2.28. The van der Waals surface area contributed by atoms with Gasteiger partial charge in [0.15, 0.2) is 0 Å². The van der Waals surface area contributed by atoms with Crippen molar-refractivity contribution in [2.75, 3.05) is 6.61 Å². The Morgan fingerprint density at radius 2 is 2.43 bits per heavy atom. The average Bonchev–Trinajstić information content (AvgIpc) is 2.61. The van der Waals surface area contributed by atoms with Crippen LogP contribution in [0.3, 0.4) is 0 Å². The second-order valence-corrected chi connectivity index (χ2v) is 3.06. The molecule has 0 fully saturated rings. The summed E-state index contributed by atoms with van der Waals surface area (Å²) < 4.78 is 18.5. The third-order valence-corrected chi connectivity index (χ3v) is 2.17. The Morgan fingerprint density at radius 3 is 3.21 bits per heavy atom. The molecule has 0 amide bonds. The van der Waals surface area contributed by atoms with E-state index in [1.165, 1.54) is 12.1 Å². The second-order valence-electron chi connectivity index (χ2n) is 3.06. The number of benzene rings is 1. The summed E-state index contributed by atoms with van der Waals surface area (Å²) in [6.07, 6.45) is 2.17. The number of fused-ring (bicyclic) bond motifs is 1. The monoisotopic (exact) mass is 193 g/mol. The number of halogens is 1. The van der Waals surface area contributed by atoms with Gasteiger partial charge in [-0.3, -0.25) is 0 Å². The van der Waals surface area contributed by atoms with E-state index in [0.29, 0.717) is 17.9 Å². The van der Waals surface area contributed by atoms with Crippen LogP contribution in [0.2, 0.25) is 0 Å². The molecular formula is C10H8FNO2. The van der Waals surface area contributed by atoms with E-state index >= 15 is 0 Å². The molecule has 1 aliphatic rings. The van der Waals surface area contributed by atoms with Gasteiger partial charge in [0.2, 0.25) is 6.08 Å². The van der Waals surface area contributed by atoms with Crippen LogP contribution in [0.1, 0.15) is 11.1 Å². The lowest BCUT2D eigenvalue weighted by Gasteiger charge is -2.02. The fraction of sp³-hybridized carbons (Fsp3) is 0.300. The standard InChI is InChI=1S/C10H8FNO2/c11-9-4-10-7(1-2-14-10)3-8(9)5-12-6-13/h3-4H,1-2,5H2. The third kappa shape index (κ3) is 1.52. The Kier molecular flexibility index (Phi) is 2.29. The van der Waals surface area contributed by atoms with Crippen molar-refractivity contribution >= 4 is 6.08 Å². The quantitative estimate of drug-likeness (QED) is 0.528. The fourth-order valence-corrected chi connectivity index (χ4v) is 1.49. The summed E-state index contributed by atoms with van der Waals surface area (Å²) in [4.78, 5) is 13.2. The zero-order valence-corrected chi connectivity index (χ0v) is 7.42. The molecule has 14 heavy (non-hydrogen) atoms. The van der Waals surface area contributed by atoms with E-state index in [-0.39, 0.29) is 12.4 Å². The SMILES string of the molecule is O=C=NCc1cc2c(cc1F)OCC2. The van der Waals surface area contributed by atoms with Crippen molar-refractivity contribution in [2.45, 2.75) is 13.0 Å². The van der Waals surface area contributed by atoms with Crippen LogP contribution in [0.25, 0.3) is 0 Å². The Balaban J connectivity index is 2.36. The van der Waals surface area contributed by atoms with E-state index in [4.69, 9.17) is 4.74 Å². The van der Waals surface area contributed by atoms with Crippen LogP contribution in [0.5, 0.6) is 5.75 Å². The number of aliphatic imine (C=N–C) groups is 1. The molecule has 1 heterocycles. The Hall–Kier alpha value is -1.67. The van der Waals surface area contributed by atoms with Gasteiger partial charge in [-0.2, -0.15) is 0 Å². The predicted molar refractivity (Wildman–Crippen MR) is 47.4 cm³/mol. The molecule has 0 saturated heterocycles. The van der Waals surface area contributed by atoms with Gasteiger partial charge in [0.1, 0.15) is 11.6 Å². The zero-order valence-electron chi connectivity index (χ0n) is 7.42. The van der Waals surface area contributed by atoms with Gasteiger partial charge in [-0.1, -0.05) is 0 Å². The minimum atomic E-state index is -0.385. The van der Waals surface area contributed by atoms with E-state index in [1.807, 2.05) is 0 Å². The Morgan fingerprint density at radius 1 is 1.57 bits per heavy atom. The summed E-state index contributed by atoms with van der Waals surface area (Å²) in [6, 6.07) is 3.04. The van der Waals surface area contributed by atoms with Crippen molar-refractivity contribution in [1.82, 2.24) is 0 Å². The van der Waals surface area contributed by atoms with Crippen molar-refractivity contribution in [2.24, 2.45) is 4.99 Å². The number of hydrogen-bond donors (Lipinski definition) is 0. The topological polar surface area (TPSA) is 38.7 Å². The number of hydrogen-bond acceptors (Lipinski definition) is 3. The van der Waals surface area contributed by atoms with Gasteiger partial charge in [-0.05, 0) is 11.6 Å². The maximum absolute atomic E-state index is 13.3. The van der Waals surface area contributed by atoms with Gasteiger partial charge in [-0.15, -0.1) is 0 Å². The van der Waals surface area contributed by atoms with Crippen LogP contribution in [0, 0.1) is 5.82 Å². The molecule has 1 aliphatic heterocycles. The highest BCUT2D eigenvalue weighted by molar-refractivity contribution is 5.41. The number of nitrogens with zero attached hydrogens (tertiary/aromatic N) is 1. The molecule has 0 N–H and O–H groups in total. The summed E-state index contributed by atoms with van der Waals surface area (Å²) in [5, 5.41) is 0. The largest absolute Gasteiger partial charge is 0.493 e. The number of ether oxygens (including phenoxy) is 1. The first-order chi connectivity index (χ1) is 6.81. The molecule has 0 atom stereocenters. The summed E-state index contributed by atoms with van der Waals surface area (Å²) in [7, 11) is 0. The van der Waals surface area contributed by atoms with Crippen LogP contribution >= 0.6 is 0 Å². The summed E-state index contributed by atoms with van der Waals surface area (Å²) >= 11 is 0. The molecule has 0 unspecified atom stereocenters. The molecule has 0 radical (unpaired) electrons. The minimum absolute atomic E-state index is 0.0443. The molecular weight excluding hydrogens is 185 g/mol. The van der Waals surface area contributed by atoms with E-state index < -0.39 is 0 Å². The molecule has 0 bridgehead atoms. The van der Waals surface area contributed by atoms with Crippen LogP contribution < -0.4 is 4.74 Å². The van der Waals surface area contributed by atoms with Crippen molar-refractivity contribution in [1.29, 1.82) is 0 Å². The van der Waals surface area contributed by atoms with Crippen molar-refractivity contribution < 1.29 is 13.9 Å². The fourth-order valence-electron chi connectivity index (χ4n) is 1.49. The van der Waals surface area contributed by atoms with Gasteiger partial charge in [0.25, 0.3) is 0 Å². The molecule has 4 heteroatoms. The highest BCUT2D eigenvalue weighted by atomic mass is 19.1. The maximum atomic E-state index is 13.3. The van der Waals surface area contributed by atoms with Crippen LogP contribution in [-0.2, 0) is 17.8 Å². The van der Waals surface area contributed by atoms with Gasteiger partial charge >= 0.3 is 0 Å². The average molecular weight is 193 g/mol. The van der Waals surface area contributed by atoms with Gasteiger partial charge in [0.05, 0.1) is 13.2 Å². The lowest BCUT2D eigenvalue weighted by Crippen LogP contribution is -1.90. The molecule has 1 aromatic rings. The van der Waals surface area contributed by atoms with Crippen molar-refractivity contribution in [3.8, 4) is 5.75 Å². The Labute approximate surface area is 80.2 Å². The predicted octanol–water partition coefficient (Wildman–Crippen LogP) is 1.60. The number of rotatable bonds is 2. The lowest BCUT2D eigenvalue weighted by molar-refractivity contribution is 0.355. The Bertz CT molecular complexity index is 411. The van der Waals surface area contributed by atoms with Crippen LogP contribution in [-0.4, -0.2) is 12.7 Å². The first-order valence-electron chi connectivity index (χ1n) is 4.29. The van der Waals surface area contributed by atoms with E-state index in [0.717, 1.165) is 12.0 Å². The van der Waals surface area contributed by atoms with Crippen LogP contribution in [0.4, 0.5) is 4.39 Å². The van der Waals surface area contributed by atoms with Gasteiger partial charge < -0.3 is 4.74 Å². The van der Waals surface area contributed by atoms with E-state index in [9.17, 15) is 9.18 Å². The van der Waals surface area contributed by atoms with Gasteiger partial charge in [0, 0.05) is 18.1 Å². The van der Waals surface area contributed by atoms with Gasteiger partial charge in [-0.25, -0.2) is 14.2 Å². The molecule has 0 saturated carbocycles. The first kappa shape index (κ1) is 8.91. The van der Waals surface area contributed by atoms with Crippen molar-refractivity contribution in [3.05, 3.63) is 29.1 Å². The number of isocyanates is 1. The molecule has 1 aromatic carbocycles. The molecule has 0 aromatic heterocycles. The van der Waals surface area contributed by atoms with Crippen molar-refractivity contribution in [3.63, 3.8) is 0 Å². The normalized spacial score (nSPS) is 12.9. The minimum Gasteiger partial charge on any atom is -0.493 e. The summed E-state index contributed by atoms with van der Waals surface area (Å²) in [6.45, 7) is 0.637. The molecule has 2 rings (SSSR count). The smallest absolute Gasteiger partial charge is 0.235 e. The summed E-state index contributed by atoms with van der Waals surface area (Å²) in [5.41, 5.74) is 1.39. The lowest BCUT2D eigenvalue weighted by atomic mass is 10.1. The number of carbonyl (C=O) groups excluding carboxylic acids is 1. The van der Waals surface area contributed by atoms with E-state index in [2.05, 4.69) is 4.99 Å². The molecule has 3 nitrogen and oxygen atoms in total. The molecule has 72 valence electrons. The highest BCUT2D eigenvalue weighted by Gasteiger charge is 2.15. The molecule has 0 spiro atoms. The van der Waals surface area contributed by atoms with E-state index in [1.54, 1.807) is 6.07 Å². The second kappa shape index (κ2) is 3.60. The summed E-state index contributed by atoms with van der Waals surface area (Å²) in [5.74, 6) is 0.214. The zero-order chi connectivity index (χ0) is 9.97. The first-order valence-corrected chi connectivity index (χ1v) is 4.29. The van der Waals surface area contributed by atoms with Crippen LogP contribution in [0.15, 0.2) is 17.1 Å².